The van der Waals surface area contributed by atoms with Crippen LogP contribution in [-0.4, -0.2) is 25.2 Å². The first-order chi connectivity index (χ1) is 9.63. The van der Waals surface area contributed by atoms with E-state index in [-0.39, 0.29) is 18.0 Å². The molecule has 3 aromatic rings. The fourth-order valence-electron chi connectivity index (χ4n) is 1.82. The number of anilines is 1. The van der Waals surface area contributed by atoms with Gasteiger partial charge < -0.3 is 5.32 Å². The van der Waals surface area contributed by atoms with Gasteiger partial charge >= 0.3 is 0 Å². The van der Waals surface area contributed by atoms with Crippen LogP contribution >= 0.6 is 11.3 Å². The Balaban J connectivity index is 1.80. The molecule has 1 N–H and O–H groups in total. The summed E-state index contributed by atoms with van der Waals surface area (Å²) in [6.07, 6.45) is 3.11. The maximum atomic E-state index is 12.1. The Kier molecular flexibility index (Phi) is 3.07. The molecule has 8 heteroatoms. The van der Waals surface area contributed by atoms with Gasteiger partial charge in [-0.3, -0.25) is 18.8 Å². The first-order valence-corrected chi connectivity index (χ1v) is 6.73. The van der Waals surface area contributed by atoms with Gasteiger partial charge in [0.15, 0.2) is 5.82 Å². The highest BCUT2D eigenvalue weighted by atomic mass is 32.1. The standard InChI is InChI=1S/C12H11N5O2S/c1-16-4-2-9(15-16)14-10(18)6-17-7-13-11-8(12(17)19)3-5-20-11/h2-5,7H,6H2,1H3,(H,14,15,18). The number of hydrogen-bond donors (Lipinski definition) is 1. The minimum absolute atomic E-state index is 0.0891. The van der Waals surface area contributed by atoms with Crippen LogP contribution in [0.2, 0.25) is 0 Å². The molecule has 0 radical (unpaired) electrons. The van der Waals surface area contributed by atoms with Crippen LogP contribution in [0.4, 0.5) is 5.82 Å². The van der Waals surface area contributed by atoms with Crippen molar-refractivity contribution in [3.8, 4) is 0 Å². The lowest BCUT2D eigenvalue weighted by molar-refractivity contribution is -0.116. The SMILES string of the molecule is Cn1ccc(NC(=O)Cn2cnc3sccc3c2=O)n1. The Bertz CT molecular complexity index is 832. The summed E-state index contributed by atoms with van der Waals surface area (Å²) in [7, 11) is 1.76. The molecule has 1 amide bonds. The highest BCUT2D eigenvalue weighted by molar-refractivity contribution is 7.16. The van der Waals surface area contributed by atoms with Gasteiger partial charge in [-0.25, -0.2) is 4.98 Å². The molecule has 0 saturated carbocycles. The van der Waals surface area contributed by atoms with Crippen LogP contribution in [0.15, 0.2) is 34.8 Å². The first kappa shape index (κ1) is 12.5. The fourth-order valence-corrected chi connectivity index (χ4v) is 2.55. The monoisotopic (exact) mass is 289 g/mol. The van der Waals surface area contributed by atoms with Crippen LogP contribution in [-0.2, 0) is 18.4 Å². The molecule has 0 aromatic carbocycles. The van der Waals surface area contributed by atoms with Crippen LogP contribution in [0.25, 0.3) is 10.2 Å². The van der Waals surface area contributed by atoms with E-state index in [1.54, 1.807) is 35.4 Å². The van der Waals surface area contributed by atoms with Gasteiger partial charge in [0, 0.05) is 19.3 Å². The van der Waals surface area contributed by atoms with E-state index in [9.17, 15) is 9.59 Å². The zero-order valence-corrected chi connectivity index (χ0v) is 11.4. The maximum absolute atomic E-state index is 12.1. The molecule has 3 rings (SSSR count). The van der Waals surface area contributed by atoms with Crippen LogP contribution in [0.3, 0.4) is 0 Å². The van der Waals surface area contributed by atoms with Gasteiger partial charge in [-0.1, -0.05) is 0 Å². The number of thiophene rings is 1. The molecule has 20 heavy (non-hydrogen) atoms. The highest BCUT2D eigenvalue weighted by Crippen LogP contribution is 2.13. The maximum Gasteiger partial charge on any atom is 0.262 e. The summed E-state index contributed by atoms with van der Waals surface area (Å²) < 4.78 is 2.87. The van der Waals surface area contributed by atoms with Crippen LogP contribution in [0, 0.1) is 0 Å². The lowest BCUT2D eigenvalue weighted by Crippen LogP contribution is -2.27. The summed E-state index contributed by atoms with van der Waals surface area (Å²) in [5.74, 6) is 0.136. The predicted octanol–water partition coefficient (Wildman–Crippen LogP) is 0.830. The third-order valence-corrected chi connectivity index (χ3v) is 3.57. The first-order valence-electron chi connectivity index (χ1n) is 5.85. The normalized spacial score (nSPS) is 10.8. The van der Waals surface area contributed by atoms with E-state index < -0.39 is 0 Å². The van der Waals surface area contributed by atoms with Crippen molar-refractivity contribution in [2.24, 2.45) is 7.05 Å². The van der Waals surface area contributed by atoms with E-state index in [1.165, 1.54) is 22.2 Å². The molecule has 0 saturated heterocycles. The second kappa shape index (κ2) is 4.89. The average molecular weight is 289 g/mol. The Morgan fingerprint density at radius 3 is 3.05 bits per heavy atom. The molecule has 0 aliphatic carbocycles. The number of hydrogen-bond acceptors (Lipinski definition) is 5. The van der Waals surface area contributed by atoms with Crippen molar-refractivity contribution in [1.29, 1.82) is 0 Å². The number of amides is 1. The number of fused-ring (bicyclic) bond motifs is 1. The fraction of sp³-hybridized carbons (Fsp3) is 0.167. The summed E-state index contributed by atoms with van der Waals surface area (Å²) in [5.41, 5.74) is -0.215. The summed E-state index contributed by atoms with van der Waals surface area (Å²) in [6, 6.07) is 3.39. The van der Waals surface area contributed by atoms with Crippen LogP contribution in [0.5, 0.6) is 0 Å². The molecular weight excluding hydrogens is 278 g/mol. The zero-order valence-electron chi connectivity index (χ0n) is 10.6. The largest absolute Gasteiger partial charge is 0.308 e. The molecule has 0 spiro atoms. The quantitative estimate of drug-likeness (QED) is 0.774. The van der Waals surface area contributed by atoms with Gasteiger partial charge in [0.2, 0.25) is 5.91 Å². The number of aryl methyl sites for hydroxylation is 1. The Labute approximate surface area is 117 Å². The van der Waals surface area contributed by atoms with Gasteiger partial charge in [0.1, 0.15) is 11.4 Å². The van der Waals surface area contributed by atoms with Gasteiger partial charge in [-0.2, -0.15) is 5.10 Å². The second-order valence-electron chi connectivity index (χ2n) is 4.24. The van der Waals surface area contributed by atoms with E-state index in [4.69, 9.17) is 0 Å². The molecular formula is C12H11N5O2S. The van der Waals surface area contributed by atoms with E-state index >= 15 is 0 Å². The van der Waals surface area contributed by atoms with E-state index in [0.717, 1.165) is 0 Å². The van der Waals surface area contributed by atoms with E-state index in [2.05, 4.69) is 15.4 Å². The molecule has 3 heterocycles. The minimum atomic E-state index is -0.317. The molecule has 0 bridgehead atoms. The molecule has 7 nitrogen and oxygen atoms in total. The number of aromatic nitrogens is 4. The van der Waals surface area contributed by atoms with Crippen molar-refractivity contribution in [2.75, 3.05) is 5.32 Å². The number of carbonyl (C=O) groups excluding carboxylic acids is 1. The lowest BCUT2D eigenvalue weighted by atomic mass is 10.4. The van der Waals surface area contributed by atoms with Crippen LogP contribution in [0.1, 0.15) is 0 Å². The van der Waals surface area contributed by atoms with Crippen molar-refractivity contribution in [1.82, 2.24) is 19.3 Å². The number of rotatable bonds is 3. The highest BCUT2D eigenvalue weighted by Gasteiger charge is 2.09. The minimum Gasteiger partial charge on any atom is -0.308 e. The number of nitrogens with zero attached hydrogens (tertiary/aromatic N) is 4. The Morgan fingerprint density at radius 1 is 1.45 bits per heavy atom. The van der Waals surface area contributed by atoms with Gasteiger partial charge in [-0.15, -0.1) is 11.3 Å². The smallest absolute Gasteiger partial charge is 0.262 e. The van der Waals surface area contributed by atoms with Gasteiger partial charge in [0.25, 0.3) is 5.56 Å². The number of nitrogens with one attached hydrogen (secondary N) is 1. The Morgan fingerprint density at radius 2 is 2.30 bits per heavy atom. The van der Waals surface area contributed by atoms with Crippen molar-refractivity contribution < 1.29 is 4.79 Å². The second-order valence-corrected chi connectivity index (χ2v) is 5.13. The zero-order chi connectivity index (χ0) is 14.1. The van der Waals surface area contributed by atoms with Crippen molar-refractivity contribution in [3.63, 3.8) is 0 Å². The molecule has 0 unspecified atom stereocenters. The van der Waals surface area contributed by atoms with Crippen molar-refractivity contribution >= 4 is 33.3 Å². The molecule has 102 valence electrons. The molecule has 0 aliphatic rings. The lowest BCUT2D eigenvalue weighted by Gasteiger charge is -2.05. The summed E-state index contributed by atoms with van der Waals surface area (Å²) in [6.45, 7) is -0.0891. The molecule has 3 aromatic heterocycles. The molecule has 0 fully saturated rings. The molecule has 0 aliphatic heterocycles. The van der Waals surface area contributed by atoms with E-state index in [1.807, 2.05) is 0 Å². The summed E-state index contributed by atoms with van der Waals surface area (Å²) in [5, 5.41) is 9.00. The number of carbonyl (C=O) groups is 1. The third kappa shape index (κ3) is 2.32. The van der Waals surface area contributed by atoms with Crippen molar-refractivity contribution in [3.05, 3.63) is 40.4 Å². The summed E-state index contributed by atoms with van der Waals surface area (Å²) in [4.78, 5) is 28.8. The third-order valence-electron chi connectivity index (χ3n) is 2.75. The van der Waals surface area contributed by atoms with Gasteiger partial charge in [0.05, 0.1) is 11.7 Å². The van der Waals surface area contributed by atoms with Gasteiger partial charge in [-0.05, 0) is 11.4 Å². The molecule has 0 atom stereocenters. The Hall–Kier alpha value is -2.48. The van der Waals surface area contributed by atoms with Crippen LogP contribution < -0.4 is 10.9 Å². The topological polar surface area (TPSA) is 81.8 Å². The van der Waals surface area contributed by atoms with E-state index in [0.29, 0.717) is 16.0 Å². The average Bonchev–Trinajstić information content (AvgIpc) is 3.02. The predicted molar refractivity (Wildman–Crippen MR) is 75.7 cm³/mol. The summed E-state index contributed by atoms with van der Waals surface area (Å²) >= 11 is 1.40. The van der Waals surface area contributed by atoms with Crippen molar-refractivity contribution in [2.45, 2.75) is 6.54 Å².